The van der Waals surface area contributed by atoms with Gasteiger partial charge in [0, 0.05) is 4.47 Å². The number of hydrogen-bond acceptors (Lipinski definition) is 2. The molecule has 0 aliphatic carbocycles. The molecule has 0 fully saturated rings. The van der Waals surface area contributed by atoms with E-state index in [0.717, 1.165) is 6.07 Å². The summed E-state index contributed by atoms with van der Waals surface area (Å²) in [6, 6.07) is 3.79. The highest BCUT2D eigenvalue weighted by atomic mass is 79.9. The lowest BCUT2D eigenvalue weighted by atomic mass is 10.1. The first-order valence-electron chi connectivity index (χ1n) is 3.19. The van der Waals surface area contributed by atoms with Gasteiger partial charge in [0.15, 0.2) is 0 Å². The predicted molar refractivity (Wildman–Crippen MR) is 45.8 cm³/mol. The van der Waals surface area contributed by atoms with Crippen molar-refractivity contribution in [2.75, 3.05) is 0 Å². The van der Waals surface area contributed by atoms with E-state index in [2.05, 4.69) is 15.9 Å². The topological polar surface area (TPSA) is 61.1 Å². The Bertz CT molecular complexity index is 411. The van der Waals surface area contributed by atoms with Crippen LogP contribution in [0, 0.1) is 17.1 Å². The van der Waals surface area contributed by atoms with Gasteiger partial charge in [0.05, 0.1) is 5.56 Å². The normalized spacial score (nSPS) is 9.31. The van der Waals surface area contributed by atoms with Crippen molar-refractivity contribution in [1.82, 2.24) is 0 Å². The largest absolute Gasteiger partial charge is 0.478 e. The minimum atomic E-state index is -1.33. The summed E-state index contributed by atoms with van der Waals surface area (Å²) in [6.45, 7) is 0. The number of aromatic carboxylic acids is 1. The molecule has 1 N–H and O–H groups in total. The number of carbonyl (C=O) groups is 1. The lowest BCUT2D eigenvalue weighted by molar-refractivity contribution is 0.0695. The van der Waals surface area contributed by atoms with Crippen LogP contribution in [-0.4, -0.2) is 11.1 Å². The lowest BCUT2D eigenvalue weighted by Crippen LogP contribution is -2.03. The smallest absolute Gasteiger partial charge is 0.338 e. The molecule has 3 nitrogen and oxygen atoms in total. The average molecular weight is 244 g/mol. The fraction of sp³-hybridized carbons (Fsp3) is 0. The molecule has 0 saturated carbocycles. The molecule has 0 aliphatic heterocycles. The maximum absolute atomic E-state index is 12.9. The van der Waals surface area contributed by atoms with E-state index in [1.807, 2.05) is 0 Å². The van der Waals surface area contributed by atoms with Crippen molar-refractivity contribution in [2.45, 2.75) is 0 Å². The van der Waals surface area contributed by atoms with Gasteiger partial charge in [-0.1, -0.05) is 0 Å². The maximum atomic E-state index is 12.9. The van der Waals surface area contributed by atoms with Crippen LogP contribution < -0.4 is 0 Å². The first-order valence-corrected chi connectivity index (χ1v) is 3.98. The summed E-state index contributed by atoms with van der Waals surface area (Å²) in [4.78, 5) is 10.6. The van der Waals surface area contributed by atoms with Gasteiger partial charge in [-0.15, -0.1) is 0 Å². The van der Waals surface area contributed by atoms with Crippen molar-refractivity contribution in [3.8, 4) is 6.07 Å². The van der Waals surface area contributed by atoms with Gasteiger partial charge in [-0.2, -0.15) is 5.26 Å². The van der Waals surface area contributed by atoms with Crippen LogP contribution in [0.15, 0.2) is 16.6 Å². The molecule has 5 heteroatoms. The second-order valence-electron chi connectivity index (χ2n) is 2.20. The molecule has 0 radical (unpaired) electrons. The summed E-state index contributed by atoms with van der Waals surface area (Å²) in [5.74, 6) is -2.16. The molecule has 0 aliphatic rings. The third-order valence-electron chi connectivity index (χ3n) is 1.43. The molecule has 0 unspecified atom stereocenters. The Labute approximate surface area is 81.5 Å². The van der Waals surface area contributed by atoms with Crippen molar-refractivity contribution in [2.24, 2.45) is 0 Å². The molecule has 0 spiro atoms. The minimum Gasteiger partial charge on any atom is -0.478 e. The zero-order valence-electron chi connectivity index (χ0n) is 6.21. The van der Waals surface area contributed by atoms with Gasteiger partial charge in [0.2, 0.25) is 0 Å². The fourth-order valence-corrected chi connectivity index (χ4v) is 1.37. The Balaban J connectivity index is 3.55. The number of benzene rings is 1. The van der Waals surface area contributed by atoms with Crippen molar-refractivity contribution < 1.29 is 14.3 Å². The number of nitriles is 1. The summed E-state index contributed by atoms with van der Waals surface area (Å²) in [5.41, 5.74) is -0.802. The molecule has 0 aromatic heterocycles. The summed E-state index contributed by atoms with van der Waals surface area (Å²) >= 11 is 2.92. The van der Waals surface area contributed by atoms with Gasteiger partial charge in [0.25, 0.3) is 0 Å². The first kappa shape index (κ1) is 9.68. The third kappa shape index (κ3) is 1.68. The van der Waals surface area contributed by atoms with Crippen LogP contribution in [0.3, 0.4) is 0 Å². The van der Waals surface area contributed by atoms with Crippen molar-refractivity contribution in [1.29, 1.82) is 5.26 Å². The number of carboxylic acids is 1. The summed E-state index contributed by atoms with van der Waals surface area (Å²) in [7, 11) is 0. The fourth-order valence-electron chi connectivity index (χ4n) is 0.870. The molecule has 66 valence electrons. The zero-order chi connectivity index (χ0) is 10.0. The number of rotatable bonds is 1. The van der Waals surface area contributed by atoms with Crippen LogP contribution in [0.2, 0.25) is 0 Å². The first-order chi connectivity index (χ1) is 6.07. The second kappa shape index (κ2) is 3.54. The molecule has 1 aromatic carbocycles. The highest BCUT2D eigenvalue weighted by molar-refractivity contribution is 9.10. The molecular formula is C8H3BrFNO2. The van der Waals surface area contributed by atoms with Gasteiger partial charge < -0.3 is 5.11 Å². The molecule has 0 amide bonds. The zero-order valence-corrected chi connectivity index (χ0v) is 7.80. The van der Waals surface area contributed by atoms with Gasteiger partial charge in [0.1, 0.15) is 17.4 Å². The van der Waals surface area contributed by atoms with Crippen LogP contribution >= 0.6 is 15.9 Å². The molecule has 1 rings (SSSR count). The average Bonchev–Trinajstić information content (AvgIpc) is 2.07. The quantitative estimate of drug-likeness (QED) is 0.823. The predicted octanol–water partition coefficient (Wildman–Crippen LogP) is 2.16. The Morgan fingerprint density at radius 1 is 1.62 bits per heavy atom. The monoisotopic (exact) mass is 243 g/mol. The Morgan fingerprint density at radius 3 is 2.62 bits per heavy atom. The van der Waals surface area contributed by atoms with Gasteiger partial charge >= 0.3 is 5.97 Å². The van der Waals surface area contributed by atoms with Gasteiger partial charge in [-0.25, -0.2) is 9.18 Å². The van der Waals surface area contributed by atoms with Crippen LogP contribution in [0.4, 0.5) is 4.39 Å². The van der Waals surface area contributed by atoms with Gasteiger partial charge in [-0.05, 0) is 28.1 Å². The minimum absolute atomic E-state index is 0.193. The van der Waals surface area contributed by atoms with E-state index in [0.29, 0.717) is 0 Å². The number of carboxylic acid groups (broad SMARTS) is 1. The van der Waals surface area contributed by atoms with E-state index >= 15 is 0 Å². The Kier molecular flexibility index (Phi) is 2.63. The van der Waals surface area contributed by atoms with Crippen LogP contribution in [0.1, 0.15) is 15.9 Å². The van der Waals surface area contributed by atoms with Crippen LogP contribution in [-0.2, 0) is 0 Å². The standard InChI is InChI=1S/C8H3BrFNO2/c9-5-1-2-6(10)4(3-11)7(5)8(12)13/h1-2H,(H,12,13). The van der Waals surface area contributed by atoms with E-state index in [1.54, 1.807) is 0 Å². The molecule has 1 aromatic rings. The van der Waals surface area contributed by atoms with E-state index in [1.165, 1.54) is 12.1 Å². The Hall–Kier alpha value is -1.41. The van der Waals surface area contributed by atoms with E-state index in [9.17, 15) is 9.18 Å². The SMILES string of the molecule is N#Cc1c(F)ccc(Br)c1C(=O)O. The maximum Gasteiger partial charge on any atom is 0.338 e. The molecule has 0 atom stereocenters. The van der Waals surface area contributed by atoms with Gasteiger partial charge in [-0.3, -0.25) is 0 Å². The van der Waals surface area contributed by atoms with Crippen LogP contribution in [0.5, 0.6) is 0 Å². The van der Waals surface area contributed by atoms with E-state index < -0.39 is 17.3 Å². The summed E-state index contributed by atoms with van der Waals surface area (Å²) < 4.78 is 13.1. The summed E-state index contributed by atoms with van der Waals surface area (Å²) in [5, 5.41) is 17.2. The third-order valence-corrected chi connectivity index (χ3v) is 2.09. The molecular weight excluding hydrogens is 241 g/mol. The summed E-state index contributed by atoms with van der Waals surface area (Å²) in [6.07, 6.45) is 0. The van der Waals surface area contributed by atoms with Crippen LogP contribution in [0.25, 0.3) is 0 Å². The van der Waals surface area contributed by atoms with Crippen molar-refractivity contribution in [3.05, 3.63) is 33.5 Å². The van der Waals surface area contributed by atoms with Crippen molar-refractivity contribution >= 4 is 21.9 Å². The number of nitrogens with zero attached hydrogens (tertiary/aromatic N) is 1. The van der Waals surface area contributed by atoms with Crippen molar-refractivity contribution in [3.63, 3.8) is 0 Å². The second-order valence-corrected chi connectivity index (χ2v) is 3.05. The molecule has 0 bridgehead atoms. The molecule has 13 heavy (non-hydrogen) atoms. The lowest BCUT2D eigenvalue weighted by Gasteiger charge is -2.01. The van der Waals surface area contributed by atoms with E-state index in [4.69, 9.17) is 10.4 Å². The number of halogens is 2. The molecule has 0 saturated heterocycles. The van der Waals surface area contributed by atoms with E-state index in [-0.39, 0.29) is 10.0 Å². The highest BCUT2D eigenvalue weighted by Crippen LogP contribution is 2.22. The molecule has 0 heterocycles. The highest BCUT2D eigenvalue weighted by Gasteiger charge is 2.17. The Morgan fingerprint density at radius 2 is 2.23 bits per heavy atom. The number of hydrogen-bond donors (Lipinski definition) is 1.